The Balaban J connectivity index is 1.35. The molecule has 24 heavy (non-hydrogen) atoms. The number of rotatable bonds is 8. The number of carbonyl (C=O) groups excluding carboxylic acids is 1. The van der Waals surface area contributed by atoms with Crippen LogP contribution < -0.4 is 5.32 Å². The molecule has 1 N–H and O–H groups in total. The Morgan fingerprint density at radius 3 is 2.79 bits per heavy atom. The van der Waals surface area contributed by atoms with Crippen LogP contribution in [-0.4, -0.2) is 22.6 Å². The summed E-state index contributed by atoms with van der Waals surface area (Å²) >= 11 is 1.58. The van der Waals surface area contributed by atoms with Gasteiger partial charge in [0.25, 0.3) is 0 Å². The zero-order valence-corrected chi connectivity index (χ0v) is 14.1. The Hall–Kier alpha value is -2.47. The molecule has 0 aliphatic carbocycles. The predicted molar refractivity (Wildman–Crippen MR) is 93.7 cm³/mol. The average molecular weight is 341 g/mol. The van der Waals surface area contributed by atoms with Crippen molar-refractivity contribution in [3.63, 3.8) is 0 Å². The summed E-state index contributed by atoms with van der Waals surface area (Å²) in [6.07, 6.45) is 2.62. The van der Waals surface area contributed by atoms with E-state index in [0.29, 0.717) is 37.5 Å². The molecule has 0 aliphatic heterocycles. The predicted octanol–water partition coefficient (Wildman–Crippen LogP) is 3.48. The summed E-state index contributed by atoms with van der Waals surface area (Å²) in [5.74, 6) is 1.26. The SMILES string of the molecule is O=C(CCCc1nc(-c2cccs2)no1)NCCc1ccccc1. The Labute approximate surface area is 144 Å². The van der Waals surface area contributed by atoms with Gasteiger partial charge in [0.2, 0.25) is 17.6 Å². The standard InChI is InChI=1S/C18H19N3O2S/c22-16(19-12-11-14-6-2-1-3-7-14)9-4-10-17-20-18(21-23-17)15-8-5-13-24-15/h1-3,5-8,13H,4,9-12H2,(H,19,22). The third-order valence-electron chi connectivity index (χ3n) is 3.58. The summed E-state index contributed by atoms with van der Waals surface area (Å²) in [6.45, 7) is 0.659. The molecular formula is C18H19N3O2S. The van der Waals surface area contributed by atoms with Crippen LogP contribution in [0.1, 0.15) is 24.3 Å². The summed E-state index contributed by atoms with van der Waals surface area (Å²) in [5.41, 5.74) is 1.23. The molecular weight excluding hydrogens is 322 g/mol. The molecule has 0 saturated carbocycles. The number of aromatic nitrogens is 2. The van der Waals surface area contributed by atoms with Crippen LogP contribution >= 0.6 is 11.3 Å². The topological polar surface area (TPSA) is 68.0 Å². The summed E-state index contributed by atoms with van der Waals surface area (Å²) in [7, 11) is 0. The van der Waals surface area contributed by atoms with E-state index < -0.39 is 0 Å². The van der Waals surface area contributed by atoms with Crippen molar-refractivity contribution in [1.29, 1.82) is 0 Å². The van der Waals surface area contributed by atoms with Crippen molar-refractivity contribution < 1.29 is 9.32 Å². The highest BCUT2D eigenvalue weighted by molar-refractivity contribution is 7.13. The smallest absolute Gasteiger partial charge is 0.226 e. The minimum atomic E-state index is 0.0592. The Morgan fingerprint density at radius 1 is 1.12 bits per heavy atom. The second kappa shape index (κ2) is 8.40. The molecule has 0 bridgehead atoms. The second-order valence-corrected chi connectivity index (χ2v) is 6.38. The van der Waals surface area contributed by atoms with Gasteiger partial charge in [-0.2, -0.15) is 4.98 Å². The van der Waals surface area contributed by atoms with Gasteiger partial charge in [0.05, 0.1) is 4.88 Å². The highest BCUT2D eigenvalue weighted by Crippen LogP contribution is 2.21. The molecule has 0 unspecified atom stereocenters. The van der Waals surface area contributed by atoms with E-state index in [-0.39, 0.29) is 5.91 Å². The van der Waals surface area contributed by atoms with Gasteiger partial charge in [0.15, 0.2) is 0 Å². The molecule has 0 aliphatic rings. The molecule has 0 atom stereocenters. The lowest BCUT2D eigenvalue weighted by Gasteiger charge is -2.04. The van der Waals surface area contributed by atoms with Gasteiger partial charge in [0, 0.05) is 19.4 Å². The van der Waals surface area contributed by atoms with Crippen LogP contribution in [0.3, 0.4) is 0 Å². The lowest BCUT2D eigenvalue weighted by Crippen LogP contribution is -2.25. The van der Waals surface area contributed by atoms with E-state index in [4.69, 9.17) is 4.52 Å². The number of carbonyl (C=O) groups is 1. The first-order chi connectivity index (χ1) is 11.8. The quantitative estimate of drug-likeness (QED) is 0.681. The minimum absolute atomic E-state index is 0.0592. The summed E-state index contributed by atoms with van der Waals surface area (Å²) in [4.78, 5) is 17.2. The maximum absolute atomic E-state index is 11.8. The van der Waals surface area contributed by atoms with Crippen LogP contribution in [0.25, 0.3) is 10.7 Å². The van der Waals surface area contributed by atoms with Crippen molar-refractivity contribution in [1.82, 2.24) is 15.5 Å². The molecule has 2 heterocycles. The van der Waals surface area contributed by atoms with Crippen LogP contribution in [-0.2, 0) is 17.6 Å². The second-order valence-electron chi connectivity index (χ2n) is 5.43. The van der Waals surface area contributed by atoms with Crippen molar-refractivity contribution in [2.75, 3.05) is 6.54 Å². The molecule has 124 valence electrons. The first-order valence-electron chi connectivity index (χ1n) is 7.98. The number of nitrogens with one attached hydrogen (secondary N) is 1. The van der Waals surface area contributed by atoms with E-state index in [1.165, 1.54) is 5.56 Å². The molecule has 0 spiro atoms. The largest absolute Gasteiger partial charge is 0.356 e. The zero-order valence-electron chi connectivity index (χ0n) is 13.3. The molecule has 3 aromatic rings. The third kappa shape index (κ3) is 4.76. The summed E-state index contributed by atoms with van der Waals surface area (Å²) < 4.78 is 5.22. The van der Waals surface area contributed by atoms with Gasteiger partial charge in [0.1, 0.15) is 0 Å². The van der Waals surface area contributed by atoms with Crippen molar-refractivity contribution >= 4 is 17.2 Å². The van der Waals surface area contributed by atoms with Crippen LogP contribution in [0.5, 0.6) is 0 Å². The van der Waals surface area contributed by atoms with E-state index >= 15 is 0 Å². The maximum Gasteiger partial charge on any atom is 0.226 e. The first-order valence-corrected chi connectivity index (χ1v) is 8.86. The van der Waals surface area contributed by atoms with Gasteiger partial charge < -0.3 is 9.84 Å². The molecule has 1 amide bonds. The van der Waals surface area contributed by atoms with Gasteiger partial charge >= 0.3 is 0 Å². The van der Waals surface area contributed by atoms with E-state index in [9.17, 15) is 4.79 Å². The molecule has 2 aromatic heterocycles. The highest BCUT2D eigenvalue weighted by atomic mass is 32.1. The van der Waals surface area contributed by atoms with Crippen molar-refractivity contribution in [2.45, 2.75) is 25.7 Å². The Bertz CT molecular complexity index is 754. The molecule has 1 aromatic carbocycles. The Morgan fingerprint density at radius 2 is 2.00 bits per heavy atom. The zero-order chi connectivity index (χ0) is 16.6. The number of benzene rings is 1. The van der Waals surface area contributed by atoms with Gasteiger partial charge in [-0.15, -0.1) is 11.3 Å². The maximum atomic E-state index is 11.8. The molecule has 0 fully saturated rings. The van der Waals surface area contributed by atoms with E-state index in [1.807, 2.05) is 35.7 Å². The first kappa shape index (κ1) is 16.4. The molecule has 6 heteroatoms. The lowest BCUT2D eigenvalue weighted by molar-refractivity contribution is -0.121. The monoisotopic (exact) mass is 341 g/mol. The van der Waals surface area contributed by atoms with Gasteiger partial charge in [-0.3, -0.25) is 4.79 Å². The van der Waals surface area contributed by atoms with Crippen molar-refractivity contribution in [3.8, 4) is 10.7 Å². The van der Waals surface area contributed by atoms with E-state index in [2.05, 4.69) is 27.6 Å². The van der Waals surface area contributed by atoms with Crippen LogP contribution in [0.4, 0.5) is 0 Å². The highest BCUT2D eigenvalue weighted by Gasteiger charge is 2.10. The third-order valence-corrected chi connectivity index (χ3v) is 4.45. The fourth-order valence-electron chi connectivity index (χ4n) is 2.34. The average Bonchev–Trinajstić information content (AvgIpc) is 3.27. The normalized spacial score (nSPS) is 10.7. The van der Waals surface area contributed by atoms with Gasteiger partial charge in [-0.05, 0) is 29.9 Å². The van der Waals surface area contributed by atoms with Crippen LogP contribution in [0.15, 0.2) is 52.4 Å². The number of hydrogen-bond donors (Lipinski definition) is 1. The molecule has 5 nitrogen and oxygen atoms in total. The van der Waals surface area contributed by atoms with E-state index in [1.54, 1.807) is 11.3 Å². The fraction of sp³-hybridized carbons (Fsp3) is 0.278. The van der Waals surface area contributed by atoms with Crippen LogP contribution in [0, 0.1) is 0 Å². The fourth-order valence-corrected chi connectivity index (χ4v) is 2.99. The number of nitrogens with zero attached hydrogens (tertiary/aromatic N) is 2. The number of thiophene rings is 1. The Kier molecular flexibility index (Phi) is 5.74. The van der Waals surface area contributed by atoms with Crippen LogP contribution in [0.2, 0.25) is 0 Å². The molecule has 3 rings (SSSR count). The number of amides is 1. The summed E-state index contributed by atoms with van der Waals surface area (Å²) in [5, 5.41) is 8.88. The van der Waals surface area contributed by atoms with Crippen molar-refractivity contribution in [2.24, 2.45) is 0 Å². The van der Waals surface area contributed by atoms with Gasteiger partial charge in [-0.25, -0.2) is 0 Å². The number of hydrogen-bond acceptors (Lipinski definition) is 5. The molecule has 0 saturated heterocycles. The lowest BCUT2D eigenvalue weighted by atomic mass is 10.1. The van der Waals surface area contributed by atoms with Gasteiger partial charge in [-0.1, -0.05) is 41.6 Å². The van der Waals surface area contributed by atoms with Crippen molar-refractivity contribution in [3.05, 3.63) is 59.3 Å². The van der Waals surface area contributed by atoms with E-state index in [0.717, 1.165) is 11.3 Å². The number of aryl methyl sites for hydroxylation is 1. The summed E-state index contributed by atoms with van der Waals surface area (Å²) in [6, 6.07) is 14.0. The molecule has 0 radical (unpaired) electrons. The minimum Gasteiger partial charge on any atom is -0.356 e.